The lowest BCUT2D eigenvalue weighted by Gasteiger charge is -2.20. The SMILES string of the molecule is CCOC(=O)c1c(CC(=O)O)[nH]c(C(=O)OC(C)(C)C)c1C(F)(F)F. The summed E-state index contributed by atoms with van der Waals surface area (Å²) in [5.74, 6) is -4.23. The van der Waals surface area contributed by atoms with Crippen LogP contribution >= 0.6 is 0 Å². The van der Waals surface area contributed by atoms with Crippen LogP contribution in [0.1, 0.15) is 59.8 Å². The van der Waals surface area contributed by atoms with E-state index in [1.807, 2.05) is 0 Å². The number of alkyl halides is 3. The van der Waals surface area contributed by atoms with Crippen molar-refractivity contribution in [2.45, 2.75) is 45.9 Å². The molecular weight excluding hydrogens is 347 g/mol. The van der Waals surface area contributed by atoms with Crippen molar-refractivity contribution in [2.75, 3.05) is 6.61 Å². The first-order valence-electron chi connectivity index (χ1n) is 7.22. The van der Waals surface area contributed by atoms with Crippen molar-refractivity contribution in [3.8, 4) is 0 Å². The smallest absolute Gasteiger partial charge is 0.419 e. The minimum absolute atomic E-state index is 0.227. The highest BCUT2D eigenvalue weighted by Gasteiger charge is 2.44. The van der Waals surface area contributed by atoms with Crippen molar-refractivity contribution in [3.63, 3.8) is 0 Å². The molecule has 0 fully saturated rings. The number of halogens is 3. The van der Waals surface area contributed by atoms with Crippen molar-refractivity contribution < 1.29 is 42.1 Å². The molecule has 0 amide bonds. The summed E-state index contributed by atoms with van der Waals surface area (Å²) in [7, 11) is 0. The molecule has 0 saturated heterocycles. The summed E-state index contributed by atoms with van der Waals surface area (Å²) < 4.78 is 49.9. The summed E-state index contributed by atoms with van der Waals surface area (Å²) in [6.45, 7) is 5.50. The number of esters is 2. The lowest BCUT2D eigenvalue weighted by molar-refractivity contribution is -0.139. The van der Waals surface area contributed by atoms with Crippen LogP contribution in [0.4, 0.5) is 13.2 Å². The number of carbonyl (C=O) groups is 3. The number of nitrogens with one attached hydrogen (secondary N) is 1. The van der Waals surface area contributed by atoms with E-state index in [9.17, 15) is 27.6 Å². The van der Waals surface area contributed by atoms with E-state index in [-0.39, 0.29) is 6.61 Å². The van der Waals surface area contributed by atoms with E-state index < -0.39 is 58.6 Å². The number of aromatic amines is 1. The molecule has 0 radical (unpaired) electrons. The molecule has 0 aliphatic heterocycles. The normalized spacial score (nSPS) is 12.0. The zero-order valence-corrected chi connectivity index (χ0v) is 14.0. The minimum atomic E-state index is -5.11. The first-order valence-corrected chi connectivity index (χ1v) is 7.22. The van der Waals surface area contributed by atoms with Gasteiger partial charge < -0.3 is 19.6 Å². The Bertz CT molecular complexity index is 685. The summed E-state index contributed by atoms with van der Waals surface area (Å²) >= 11 is 0. The molecule has 1 heterocycles. The lowest BCUT2D eigenvalue weighted by Crippen LogP contribution is -2.26. The maximum absolute atomic E-state index is 13.5. The number of rotatable bonds is 5. The van der Waals surface area contributed by atoms with Crippen molar-refractivity contribution >= 4 is 17.9 Å². The van der Waals surface area contributed by atoms with Gasteiger partial charge in [0, 0.05) is 5.69 Å². The predicted octanol–water partition coefficient (Wildman–Crippen LogP) is 2.79. The number of hydrogen-bond acceptors (Lipinski definition) is 5. The van der Waals surface area contributed by atoms with Crippen LogP contribution < -0.4 is 0 Å². The molecule has 0 aliphatic rings. The molecular formula is C15H18F3NO6. The molecule has 0 aromatic carbocycles. The van der Waals surface area contributed by atoms with E-state index in [0.29, 0.717) is 0 Å². The molecule has 7 nitrogen and oxygen atoms in total. The minimum Gasteiger partial charge on any atom is -0.481 e. The van der Waals surface area contributed by atoms with Gasteiger partial charge in [0.05, 0.1) is 18.6 Å². The molecule has 0 atom stereocenters. The van der Waals surface area contributed by atoms with E-state index >= 15 is 0 Å². The van der Waals surface area contributed by atoms with Gasteiger partial charge in [-0.2, -0.15) is 13.2 Å². The summed E-state index contributed by atoms with van der Waals surface area (Å²) in [6, 6.07) is 0. The molecule has 10 heteroatoms. The van der Waals surface area contributed by atoms with Crippen molar-refractivity contribution in [1.82, 2.24) is 4.98 Å². The van der Waals surface area contributed by atoms with Crippen LogP contribution in [-0.4, -0.2) is 40.2 Å². The molecule has 0 saturated carbocycles. The van der Waals surface area contributed by atoms with Crippen LogP contribution in [-0.2, 0) is 26.9 Å². The molecule has 1 aromatic heterocycles. The predicted molar refractivity (Wildman–Crippen MR) is 78.3 cm³/mol. The number of carbonyl (C=O) groups excluding carboxylic acids is 2. The summed E-state index contributed by atoms with van der Waals surface area (Å²) in [4.78, 5) is 37.0. The van der Waals surface area contributed by atoms with Gasteiger partial charge in [0.25, 0.3) is 0 Å². The number of carboxylic acid groups (broad SMARTS) is 1. The van der Waals surface area contributed by atoms with E-state index in [0.717, 1.165) is 0 Å². The second kappa shape index (κ2) is 7.16. The molecule has 0 bridgehead atoms. The maximum atomic E-state index is 13.5. The molecule has 2 N–H and O–H groups in total. The van der Waals surface area contributed by atoms with Gasteiger partial charge in [-0.25, -0.2) is 9.59 Å². The Kier molecular flexibility index (Phi) is 5.88. The van der Waals surface area contributed by atoms with Gasteiger partial charge in [-0.1, -0.05) is 0 Å². The second-order valence-electron chi connectivity index (χ2n) is 6.02. The van der Waals surface area contributed by atoms with Crippen molar-refractivity contribution in [3.05, 3.63) is 22.5 Å². The third-order valence-electron chi connectivity index (χ3n) is 2.77. The Labute approximate surface area is 141 Å². The van der Waals surface area contributed by atoms with Crippen LogP contribution in [0.5, 0.6) is 0 Å². The zero-order valence-electron chi connectivity index (χ0n) is 14.0. The fourth-order valence-electron chi connectivity index (χ4n) is 2.03. The van der Waals surface area contributed by atoms with Gasteiger partial charge in [-0.3, -0.25) is 4.79 Å². The fraction of sp³-hybridized carbons (Fsp3) is 0.533. The average Bonchev–Trinajstić information content (AvgIpc) is 2.75. The summed E-state index contributed by atoms with van der Waals surface area (Å²) in [5, 5.41) is 8.86. The number of H-pyrrole nitrogens is 1. The van der Waals surface area contributed by atoms with E-state index in [1.54, 1.807) is 0 Å². The number of ether oxygens (including phenoxy) is 2. The molecule has 140 valence electrons. The molecule has 25 heavy (non-hydrogen) atoms. The van der Waals surface area contributed by atoms with Gasteiger partial charge in [0.1, 0.15) is 16.9 Å². The summed E-state index contributed by atoms with van der Waals surface area (Å²) in [6.07, 6.45) is -6.04. The number of carboxylic acids is 1. The van der Waals surface area contributed by atoms with Crippen LogP contribution in [0.2, 0.25) is 0 Å². The lowest BCUT2D eigenvalue weighted by atomic mass is 10.1. The second-order valence-corrected chi connectivity index (χ2v) is 6.02. The Morgan fingerprint density at radius 1 is 1.12 bits per heavy atom. The van der Waals surface area contributed by atoms with E-state index in [4.69, 9.17) is 9.84 Å². The Balaban J connectivity index is 3.63. The van der Waals surface area contributed by atoms with Crippen molar-refractivity contribution in [2.24, 2.45) is 0 Å². The van der Waals surface area contributed by atoms with Gasteiger partial charge in [0.2, 0.25) is 0 Å². The highest BCUT2D eigenvalue weighted by atomic mass is 19.4. The van der Waals surface area contributed by atoms with Gasteiger partial charge in [-0.05, 0) is 27.7 Å². The number of aromatic nitrogens is 1. The fourth-order valence-corrected chi connectivity index (χ4v) is 2.03. The Morgan fingerprint density at radius 3 is 2.08 bits per heavy atom. The molecule has 0 spiro atoms. The number of aliphatic carboxylic acids is 1. The highest BCUT2D eigenvalue weighted by molar-refractivity contribution is 6.00. The largest absolute Gasteiger partial charge is 0.481 e. The van der Waals surface area contributed by atoms with Crippen molar-refractivity contribution in [1.29, 1.82) is 0 Å². The van der Waals surface area contributed by atoms with Crippen LogP contribution in [0.15, 0.2) is 0 Å². The maximum Gasteiger partial charge on any atom is 0.419 e. The van der Waals surface area contributed by atoms with Gasteiger partial charge >= 0.3 is 24.1 Å². The Morgan fingerprint density at radius 2 is 1.68 bits per heavy atom. The van der Waals surface area contributed by atoms with Gasteiger partial charge in [-0.15, -0.1) is 0 Å². The summed E-state index contributed by atoms with van der Waals surface area (Å²) in [5.41, 5.74) is -5.35. The van der Waals surface area contributed by atoms with Crippen LogP contribution in [0.25, 0.3) is 0 Å². The molecule has 1 aromatic rings. The molecule has 0 aliphatic carbocycles. The first-order chi connectivity index (χ1) is 11.3. The van der Waals surface area contributed by atoms with Crippen LogP contribution in [0, 0.1) is 0 Å². The third-order valence-corrected chi connectivity index (χ3v) is 2.77. The molecule has 0 unspecified atom stereocenters. The standard InChI is InChI=1S/C15H18F3NO6/c1-5-24-12(22)9-7(6-8(20)21)19-11(10(9)15(16,17)18)13(23)25-14(2,3)4/h19H,5-6H2,1-4H3,(H,20,21). The monoisotopic (exact) mass is 365 g/mol. The van der Waals surface area contributed by atoms with E-state index in [2.05, 4.69) is 9.72 Å². The topological polar surface area (TPSA) is 106 Å². The van der Waals surface area contributed by atoms with Crippen LogP contribution in [0.3, 0.4) is 0 Å². The zero-order chi connectivity index (χ0) is 19.6. The Hall–Kier alpha value is -2.52. The quantitative estimate of drug-likeness (QED) is 0.778. The third kappa shape index (κ3) is 5.23. The van der Waals surface area contributed by atoms with E-state index in [1.165, 1.54) is 27.7 Å². The average molecular weight is 365 g/mol. The first kappa shape index (κ1) is 20.5. The van der Waals surface area contributed by atoms with Gasteiger partial charge in [0.15, 0.2) is 0 Å². The molecule has 1 rings (SSSR count). The highest BCUT2D eigenvalue weighted by Crippen LogP contribution is 2.37. The number of hydrogen-bond donors (Lipinski definition) is 2.